The number of alkyl carbamates (subject to hydrolysis) is 1. The van der Waals surface area contributed by atoms with Crippen molar-refractivity contribution in [1.82, 2.24) is 15.5 Å². The largest absolute Gasteiger partial charge is 0.508 e. The van der Waals surface area contributed by atoms with E-state index in [4.69, 9.17) is 16.3 Å². The third-order valence-corrected chi connectivity index (χ3v) is 6.63. The SMILES string of the molecule is CC(C)(C)OC(=O)N[C@@H](C(=O)N1CCC[C@H]1C(=O)NCc1cc(Cl)ccc1O)C1CCCCC1. The van der Waals surface area contributed by atoms with Gasteiger partial charge in [-0.1, -0.05) is 30.9 Å². The number of aromatic hydroxyl groups is 1. The Balaban J connectivity index is 1.70. The summed E-state index contributed by atoms with van der Waals surface area (Å²) < 4.78 is 5.42. The van der Waals surface area contributed by atoms with E-state index < -0.39 is 23.8 Å². The molecule has 188 valence electrons. The van der Waals surface area contributed by atoms with Crippen LogP contribution in [-0.4, -0.2) is 52.1 Å². The number of nitrogens with zero attached hydrogens (tertiary/aromatic N) is 1. The highest BCUT2D eigenvalue weighted by atomic mass is 35.5. The van der Waals surface area contributed by atoms with Crippen molar-refractivity contribution in [3.05, 3.63) is 28.8 Å². The number of hydrogen-bond donors (Lipinski definition) is 3. The van der Waals surface area contributed by atoms with Crippen LogP contribution in [0.4, 0.5) is 4.79 Å². The average molecular weight is 494 g/mol. The lowest BCUT2D eigenvalue weighted by atomic mass is 9.83. The van der Waals surface area contributed by atoms with Gasteiger partial charge in [-0.25, -0.2) is 4.79 Å². The van der Waals surface area contributed by atoms with Crippen molar-refractivity contribution in [3.8, 4) is 5.75 Å². The highest BCUT2D eigenvalue weighted by Crippen LogP contribution is 2.30. The first-order valence-corrected chi connectivity index (χ1v) is 12.5. The van der Waals surface area contributed by atoms with Crippen LogP contribution in [0.15, 0.2) is 18.2 Å². The van der Waals surface area contributed by atoms with Crippen LogP contribution in [0.25, 0.3) is 0 Å². The number of likely N-dealkylation sites (tertiary alicyclic amines) is 1. The van der Waals surface area contributed by atoms with Crippen molar-refractivity contribution in [3.63, 3.8) is 0 Å². The Morgan fingerprint density at radius 1 is 1.15 bits per heavy atom. The van der Waals surface area contributed by atoms with E-state index in [-0.39, 0.29) is 30.0 Å². The van der Waals surface area contributed by atoms with E-state index in [1.165, 1.54) is 6.07 Å². The maximum absolute atomic E-state index is 13.7. The molecule has 1 saturated carbocycles. The normalized spacial score (nSPS) is 20.0. The van der Waals surface area contributed by atoms with E-state index in [1.54, 1.807) is 37.8 Å². The average Bonchev–Trinajstić information content (AvgIpc) is 3.27. The molecule has 1 aromatic rings. The summed E-state index contributed by atoms with van der Waals surface area (Å²) in [4.78, 5) is 40.8. The summed E-state index contributed by atoms with van der Waals surface area (Å²) >= 11 is 5.99. The highest BCUT2D eigenvalue weighted by molar-refractivity contribution is 6.30. The van der Waals surface area contributed by atoms with E-state index in [0.29, 0.717) is 30.0 Å². The first-order valence-electron chi connectivity index (χ1n) is 12.1. The van der Waals surface area contributed by atoms with Gasteiger partial charge in [0.15, 0.2) is 0 Å². The van der Waals surface area contributed by atoms with Crippen LogP contribution in [0, 0.1) is 5.92 Å². The number of hydrogen-bond acceptors (Lipinski definition) is 5. The Kier molecular flexibility index (Phi) is 8.68. The lowest BCUT2D eigenvalue weighted by Gasteiger charge is -2.35. The molecule has 3 N–H and O–H groups in total. The van der Waals surface area contributed by atoms with Crippen molar-refractivity contribution < 1.29 is 24.2 Å². The number of carbonyl (C=O) groups excluding carboxylic acids is 3. The molecule has 3 amide bonds. The second kappa shape index (κ2) is 11.3. The van der Waals surface area contributed by atoms with Gasteiger partial charge in [-0.05, 0) is 70.6 Å². The van der Waals surface area contributed by atoms with E-state index >= 15 is 0 Å². The molecular formula is C25H36ClN3O5. The maximum Gasteiger partial charge on any atom is 0.408 e. The Hall–Kier alpha value is -2.48. The molecule has 0 unspecified atom stereocenters. The van der Waals surface area contributed by atoms with E-state index in [0.717, 1.165) is 32.1 Å². The predicted octanol–water partition coefficient (Wildman–Crippen LogP) is 4.13. The fourth-order valence-electron chi connectivity index (χ4n) is 4.76. The van der Waals surface area contributed by atoms with Crippen LogP contribution >= 0.6 is 11.6 Å². The molecule has 1 aliphatic heterocycles. The zero-order valence-electron chi connectivity index (χ0n) is 20.2. The molecule has 2 fully saturated rings. The van der Waals surface area contributed by atoms with Gasteiger partial charge in [0.25, 0.3) is 0 Å². The highest BCUT2D eigenvalue weighted by Gasteiger charge is 2.41. The van der Waals surface area contributed by atoms with E-state index in [1.807, 2.05) is 0 Å². The Bertz CT molecular complexity index is 895. The Morgan fingerprint density at radius 3 is 2.53 bits per heavy atom. The van der Waals surface area contributed by atoms with Gasteiger partial charge in [0.2, 0.25) is 11.8 Å². The number of phenolic OH excluding ortho intramolecular Hbond substituents is 1. The summed E-state index contributed by atoms with van der Waals surface area (Å²) in [6, 6.07) is 3.30. The molecular weight excluding hydrogens is 458 g/mol. The quantitative estimate of drug-likeness (QED) is 0.552. The lowest BCUT2D eigenvalue weighted by Crippen LogP contribution is -2.56. The monoisotopic (exact) mass is 493 g/mol. The van der Waals surface area contributed by atoms with Gasteiger partial charge in [0, 0.05) is 23.7 Å². The Labute approximate surface area is 206 Å². The van der Waals surface area contributed by atoms with Crippen molar-refractivity contribution in [1.29, 1.82) is 0 Å². The number of benzene rings is 1. The third kappa shape index (κ3) is 7.01. The summed E-state index contributed by atoms with van der Waals surface area (Å²) in [5.74, 6) is -0.463. The first kappa shape index (κ1) is 26.1. The standard InChI is InChI=1S/C25H36ClN3O5/c1-25(2,3)34-24(33)28-21(16-8-5-4-6-9-16)23(32)29-13-7-10-19(29)22(31)27-15-17-14-18(26)11-12-20(17)30/h11-12,14,16,19,21,30H,4-10,13,15H2,1-3H3,(H,27,31)(H,28,33)/t19-,21+/m0/s1. The van der Waals surface area contributed by atoms with Crippen LogP contribution < -0.4 is 10.6 Å². The van der Waals surface area contributed by atoms with Gasteiger partial charge in [0.05, 0.1) is 0 Å². The third-order valence-electron chi connectivity index (χ3n) is 6.39. The summed E-state index contributed by atoms with van der Waals surface area (Å²) in [5.41, 5.74) is -0.171. The molecule has 34 heavy (non-hydrogen) atoms. The first-order chi connectivity index (χ1) is 16.0. The second-order valence-corrected chi connectivity index (χ2v) is 10.6. The van der Waals surface area contributed by atoms with Gasteiger partial charge >= 0.3 is 6.09 Å². The zero-order chi connectivity index (χ0) is 24.9. The number of amides is 3. The molecule has 8 nitrogen and oxygen atoms in total. The molecule has 2 atom stereocenters. The molecule has 1 aliphatic carbocycles. The number of halogens is 1. The fraction of sp³-hybridized carbons (Fsp3) is 0.640. The summed E-state index contributed by atoms with van der Waals surface area (Å²) in [7, 11) is 0. The number of nitrogens with one attached hydrogen (secondary N) is 2. The van der Waals surface area contributed by atoms with Gasteiger partial charge in [-0.15, -0.1) is 0 Å². The van der Waals surface area contributed by atoms with Crippen LogP contribution in [0.3, 0.4) is 0 Å². The van der Waals surface area contributed by atoms with Crippen LogP contribution in [0.5, 0.6) is 5.75 Å². The zero-order valence-corrected chi connectivity index (χ0v) is 21.0. The molecule has 0 spiro atoms. The summed E-state index contributed by atoms with van der Waals surface area (Å²) in [6.45, 7) is 5.90. The van der Waals surface area contributed by atoms with Crippen molar-refractivity contribution in [2.75, 3.05) is 6.54 Å². The minimum absolute atomic E-state index is 0.0153. The van der Waals surface area contributed by atoms with Gasteiger partial charge in [0.1, 0.15) is 23.4 Å². The number of ether oxygens (including phenoxy) is 1. The van der Waals surface area contributed by atoms with E-state index in [2.05, 4.69) is 10.6 Å². The van der Waals surface area contributed by atoms with Crippen molar-refractivity contribution in [2.45, 2.75) is 89.9 Å². The molecule has 0 bridgehead atoms. The molecule has 2 aliphatic rings. The van der Waals surface area contributed by atoms with Crippen LogP contribution in [-0.2, 0) is 20.9 Å². The summed E-state index contributed by atoms with van der Waals surface area (Å²) in [6.07, 6.45) is 5.48. The van der Waals surface area contributed by atoms with E-state index in [9.17, 15) is 19.5 Å². The van der Waals surface area contributed by atoms with Crippen LogP contribution in [0.1, 0.15) is 71.3 Å². The molecule has 1 heterocycles. The van der Waals surface area contributed by atoms with Crippen molar-refractivity contribution >= 4 is 29.5 Å². The topological polar surface area (TPSA) is 108 Å². The van der Waals surface area contributed by atoms with Gasteiger partial charge in [-0.2, -0.15) is 0 Å². The Morgan fingerprint density at radius 2 is 1.85 bits per heavy atom. The minimum atomic E-state index is -0.722. The summed E-state index contributed by atoms with van der Waals surface area (Å²) in [5, 5.41) is 16.1. The maximum atomic E-state index is 13.7. The van der Waals surface area contributed by atoms with Gasteiger partial charge < -0.3 is 25.4 Å². The molecule has 1 saturated heterocycles. The molecule has 9 heteroatoms. The molecule has 3 rings (SSSR count). The molecule has 0 aromatic heterocycles. The van der Waals surface area contributed by atoms with Crippen LogP contribution in [0.2, 0.25) is 5.02 Å². The minimum Gasteiger partial charge on any atom is -0.508 e. The smallest absolute Gasteiger partial charge is 0.408 e. The molecule has 1 aromatic carbocycles. The molecule has 0 radical (unpaired) electrons. The lowest BCUT2D eigenvalue weighted by molar-refractivity contribution is -0.141. The van der Waals surface area contributed by atoms with Crippen molar-refractivity contribution in [2.24, 2.45) is 5.92 Å². The van der Waals surface area contributed by atoms with Gasteiger partial charge in [-0.3, -0.25) is 9.59 Å². The predicted molar refractivity (Wildman–Crippen MR) is 129 cm³/mol. The number of rotatable bonds is 6. The second-order valence-electron chi connectivity index (χ2n) is 10.2. The number of carbonyl (C=O) groups is 3. The fourth-order valence-corrected chi connectivity index (χ4v) is 4.96. The number of phenols is 1.